The van der Waals surface area contributed by atoms with E-state index in [0.29, 0.717) is 18.0 Å². The molecule has 0 amide bonds. The third-order valence-corrected chi connectivity index (χ3v) is 2.50. The van der Waals surface area contributed by atoms with Gasteiger partial charge in [-0.2, -0.15) is 0 Å². The van der Waals surface area contributed by atoms with Crippen molar-refractivity contribution in [3.63, 3.8) is 0 Å². The molecule has 1 heterocycles. The highest BCUT2D eigenvalue weighted by Crippen LogP contribution is 2.23. The number of hydrogen-bond donors (Lipinski definition) is 3. The highest BCUT2D eigenvalue weighted by Gasteiger charge is 2.02. The molecule has 2 rings (SSSR count). The Morgan fingerprint density at radius 2 is 2.06 bits per heavy atom. The van der Waals surface area contributed by atoms with Crippen LogP contribution >= 0.6 is 0 Å². The normalized spacial score (nSPS) is 10.1. The van der Waals surface area contributed by atoms with Crippen LogP contribution in [0.5, 0.6) is 17.4 Å². The minimum Gasteiger partial charge on any atom is -0.508 e. The Morgan fingerprint density at radius 3 is 2.67 bits per heavy atom. The van der Waals surface area contributed by atoms with Crippen molar-refractivity contribution in [2.75, 3.05) is 12.4 Å². The molecule has 0 saturated carbocycles. The lowest BCUT2D eigenvalue weighted by molar-refractivity contribution is 0.398. The van der Waals surface area contributed by atoms with Crippen LogP contribution in [0.2, 0.25) is 0 Å². The van der Waals surface area contributed by atoms with Gasteiger partial charge in [0.05, 0.1) is 19.0 Å². The van der Waals surface area contributed by atoms with Crippen LogP contribution in [0.3, 0.4) is 0 Å². The van der Waals surface area contributed by atoms with Gasteiger partial charge in [-0.25, -0.2) is 4.98 Å². The quantitative estimate of drug-likeness (QED) is 0.770. The molecule has 1 aromatic heterocycles. The van der Waals surface area contributed by atoms with Crippen molar-refractivity contribution in [2.24, 2.45) is 0 Å². The molecule has 0 unspecified atom stereocenters. The van der Waals surface area contributed by atoms with Crippen LogP contribution in [0.1, 0.15) is 5.56 Å². The third-order valence-electron chi connectivity index (χ3n) is 2.50. The average molecular weight is 246 g/mol. The fourth-order valence-electron chi connectivity index (χ4n) is 1.50. The first-order chi connectivity index (χ1) is 8.69. The molecule has 0 radical (unpaired) electrons. The SMILES string of the molecule is COc1ccc(NCc2ccc(O)cc2O)cn1. The summed E-state index contributed by atoms with van der Waals surface area (Å²) in [7, 11) is 1.56. The summed E-state index contributed by atoms with van der Waals surface area (Å²) < 4.78 is 4.96. The van der Waals surface area contributed by atoms with Crippen LogP contribution in [0, 0.1) is 0 Å². The Kier molecular flexibility index (Phi) is 3.52. The summed E-state index contributed by atoms with van der Waals surface area (Å²) in [5.74, 6) is 0.652. The molecule has 0 aliphatic carbocycles. The van der Waals surface area contributed by atoms with Gasteiger partial charge in [-0.3, -0.25) is 0 Å². The van der Waals surface area contributed by atoms with Gasteiger partial charge in [0.2, 0.25) is 5.88 Å². The number of aromatic hydroxyl groups is 2. The highest BCUT2D eigenvalue weighted by molar-refractivity contribution is 5.45. The van der Waals surface area contributed by atoms with E-state index in [4.69, 9.17) is 4.74 Å². The summed E-state index contributed by atoms with van der Waals surface area (Å²) >= 11 is 0. The number of pyridine rings is 1. The van der Waals surface area contributed by atoms with Gasteiger partial charge >= 0.3 is 0 Å². The molecule has 0 saturated heterocycles. The first-order valence-electron chi connectivity index (χ1n) is 5.44. The molecule has 0 fully saturated rings. The van der Waals surface area contributed by atoms with Crippen LogP contribution in [0.15, 0.2) is 36.5 Å². The Labute approximate surface area is 105 Å². The number of nitrogens with one attached hydrogen (secondary N) is 1. The van der Waals surface area contributed by atoms with Crippen LogP contribution < -0.4 is 10.1 Å². The van der Waals surface area contributed by atoms with E-state index in [1.807, 2.05) is 6.07 Å². The molecule has 0 aliphatic rings. The number of anilines is 1. The maximum Gasteiger partial charge on any atom is 0.213 e. The van der Waals surface area contributed by atoms with E-state index in [1.165, 1.54) is 12.1 Å². The molecule has 5 nitrogen and oxygen atoms in total. The second-order valence-electron chi connectivity index (χ2n) is 3.76. The minimum absolute atomic E-state index is 0.0439. The van der Waals surface area contributed by atoms with E-state index < -0.39 is 0 Å². The van der Waals surface area contributed by atoms with E-state index in [0.717, 1.165) is 5.69 Å². The molecule has 0 aliphatic heterocycles. The average Bonchev–Trinajstić information content (AvgIpc) is 2.38. The summed E-state index contributed by atoms with van der Waals surface area (Å²) in [5, 5.41) is 21.9. The minimum atomic E-state index is 0.0439. The first kappa shape index (κ1) is 12.0. The largest absolute Gasteiger partial charge is 0.508 e. The number of benzene rings is 1. The summed E-state index contributed by atoms with van der Waals surface area (Å²) in [5.41, 5.74) is 1.52. The van der Waals surface area contributed by atoms with Crippen molar-refractivity contribution in [2.45, 2.75) is 6.54 Å². The number of rotatable bonds is 4. The van der Waals surface area contributed by atoms with Gasteiger partial charge in [0.25, 0.3) is 0 Å². The summed E-state index contributed by atoms with van der Waals surface area (Å²) in [6, 6.07) is 8.09. The fourth-order valence-corrected chi connectivity index (χ4v) is 1.50. The number of methoxy groups -OCH3 is 1. The van der Waals surface area contributed by atoms with Crippen molar-refractivity contribution >= 4 is 5.69 Å². The Balaban J connectivity index is 2.02. The number of hydrogen-bond acceptors (Lipinski definition) is 5. The zero-order chi connectivity index (χ0) is 13.0. The second-order valence-corrected chi connectivity index (χ2v) is 3.76. The monoisotopic (exact) mass is 246 g/mol. The Hall–Kier alpha value is -2.43. The van der Waals surface area contributed by atoms with E-state index >= 15 is 0 Å². The van der Waals surface area contributed by atoms with Gasteiger partial charge in [-0.15, -0.1) is 0 Å². The van der Waals surface area contributed by atoms with Crippen molar-refractivity contribution < 1.29 is 14.9 Å². The molecular weight excluding hydrogens is 232 g/mol. The fraction of sp³-hybridized carbons (Fsp3) is 0.154. The Morgan fingerprint density at radius 1 is 1.22 bits per heavy atom. The number of nitrogens with zero attached hydrogens (tertiary/aromatic N) is 1. The van der Waals surface area contributed by atoms with Crippen LogP contribution in [0.25, 0.3) is 0 Å². The van der Waals surface area contributed by atoms with Crippen molar-refractivity contribution in [3.8, 4) is 17.4 Å². The lowest BCUT2D eigenvalue weighted by Crippen LogP contribution is -2.00. The van der Waals surface area contributed by atoms with Crippen molar-refractivity contribution in [1.29, 1.82) is 0 Å². The predicted octanol–water partition coefficient (Wildman–Crippen LogP) is 2.11. The van der Waals surface area contributed by atoms with Gasteiger partial charge in [0, 0.05) is 24.2 Å². The number of phenolic OH excluding ortho intramolecular Hbond substituents is 2. The molecule has 0 bridgehead atoms. The summed E-state index contributed by atoms with van der Waals surface area (Å²) in [4.78, 5) is 4.06. The standard InChI is InChI=1S/C13H14N2O3/c1-18-13-5-3-10(8-15-13)14-7-9-2-4-11(16)6-12(9)17/h2-6,8,14,16-17H,7H2,1H3. The van der Waals surface area contributed by atoms with Crippen LogP contribution in [-0.2, 0) is 6.54 Å². The van der Waals surface area contributed by atoms with Crippen LogP contribution in [0.4, 0.5) is 5.69 Å². The summed E-state index contributed by atoms with van der Waals surface area (Å²) in [6.07, 6.45) is 1.65. The van der Waals surface area contributed by atoms with Gasteiger partial charge < -0.3 is 20.3 Å². The Bertz CT molecular complexity index is 526. The molecule has 3 N–H and O–H groups in total. The van der Waals surface area contributed by atoms with Crippen LogP contribution in [-0.4, -0.2) is 22.3 Å². The molecule has 2 aromatic rings. The number of ether oxygens (including phenoxy) is 1. The van der Waals surface area contributed by atoms with Gasteiger partial charge in [-0.05, 0) is 18.2 Å². The maximum absolute atomic E-state index is 9.62. The molecule has 5 heteroatoms. The van der Waals surface area contributed by atoms with Gasteiger partial charge in [-0.1, -0.05) is 0 Å². The number of aromatic nitrogens is 1. The zero-order valence-electron chi connectivity index (χ0n) is 9.92. The van der Waals surface area contributed by atoms with Crippen molar-refractivity contribution in [3.05, 3.63) is 42.1 Å². The molecule has 18 heavy (non-hydrogen) atoms. The lowest BCUT2D eigenvalue weighted by Gasteiger charge is -2.08. The molecule has 94 valence electrons. The molecule has 1 aromatic carbocycles. The lowest BCUT2D eigenvalue weighted by atomic mass is 10.2. The first-order valence-corrected chi connectivity index (χ1v) is 5.44. The topological polar surface area (TPSA) is 74.6 Å². The van der Waals surface area contributed by atoms with E-state index in [9.17, 15) is 10.2 Å². The third kappa shape index (κ3) is 2.82. The molecule has 0 atom stereocenters. The van der Waals surface area contributed by atoms with Gasteiger partial charge in [0.15, 0.2) is 0 Å². The number of phenols is 2. The highest BCUT2D eigenvalue weighted by atomic mass is 16.5. The van der Waals surface area contributed by atoms with E-state index in [-0.39, 0.29) is 11.5 Å². The smallest absolute Gasteiger partial charge is 0.213 e. The van der Waals surface area contributed by atoms with Crippen molar-refractivity contribution in [1.82, 2.24) is 4.98 Å². The second kappa shape index (κ2) is 5.27. The maximum atomic E-state index is 9.62. The zero-order valence-corrected chi connectivity index (χ0v) is 9.92. The van der Waals surface area contributed by atoms with E-state index in [2.05, 4.69) is 10.3 Å². The molecular formula is C13H14N2O3. The van der Waals surface area contributed by atoms with E-state index in [1.54, 1.807) is 25.4 Å². The predicted molar refractivity (Wildman–Crippen MR) is 67.9 cm³/mol. The molecule has 0 spiro atoms. The summed E-state index contributed by atoms with van der Waals surface area (Å²) in [6.45, 7) is 0.445. The van der Waals surface area contributed by atoms with Gasteiger partial charge in [0.1, 0.15) is 11.5 Å².